The Labute approximate surface area is 410 Å². The second-order valence-corrected chi connectivity index (χ2v) is 19.3. The van der Waals surface area contributed by atoms with Crippen LogP contribution >= 0.6 is 0 Å². The molecule has 0 saturated heterocycles. The third kappa shape index (κ3) is 38.4. The van der Waals surface area contributed by atoms with Crippen molar-refractivity contribution in [3.05, 3.63) is 53.6 Å². The Kier molecular flexibility index (Phi) is 44.6. The van der Waals surface area contributed by atoms with Crippen LogP contribution in [0.5, 0.6) is 0 Å². The van der Waals surface area contributed by atoms with Gasteiger partial charge in [0.2, 0.25) is 0 Å². The molecule has 0 heterocycles. The summed E-state index contributed by atoms with van der Waals surface area (Å²) in [5, 5.41) is 0. The molecule has 0 bridgehead atoms. The van der Waals surface area contributed by atoms with Crippen molar-refractivity contribution in [3.8, 4) is 0 Å². The summed E-state index contributed by atoms with van der Waals surface area (Å²) < 4.78 is 46.0. The average Bonchev–Trinajstić information content (AvgIpc) is 3.26. The number of carbonyl (C=O) groups is 2. The van der Waals surface area contributed by atoms with E-state index in [-0.39, 0.29) is 53.9 Å². The molecule has 63 heavy (non-hydrogen) atoms. The maximum absolute atomic E-state index is 13.0. The van der Waals surface area contributed by atoms with Gasteiger partial charge in [0, 0.05) is 0 Å². The van der Waals surface area contributed by atoms with Crippen LogP contribution in [-0.2, 0) is 19.6 Å². The summed E-state index contributed by atoms with van der Waals surface area (Å²) in [4.78, 5) is 25.4. The van der Waals surface area contributed by atoms with Crippen LogP contribution in [0.4, 0.5) is 0 Å². The minimum atomic E-state index is -4.82. The molecule has 1 aromatic carbocycles. The molecule has 0 N–H and O–H groups in total. The molecule has 0 atom stereocenters. The van der Waals surface area contributed by atoms with Gasteiger partial charge in [-0.3, -0.25) is 0 Å². The molecule has 0 aliphatic carbocycles. The van der Waals surface area contributed by atoms with Gasteiger partial charge in [-0.25, -0.2) is 18.0 Å². The van der Waals surface area contributed by atoms with Gasteiger partial charge in [-0.05, 0) is 70.6 Å². The fourth-order valence-electron chi connectivity index (χ4n) is 8.23. The molecule has 0 fully saturated rings. The first-order chi connectivity index (χ1) is 30.3. The van der Waals surface area contributed by atoms with Crippen LogP contribution in [0.3, 0.4) is 0 Å². The van der Waals surface area contributed by atoms with Crippen molar-refractivity contribution in [1.29, 1.82) is 0 Å². The van der Waals surface area contributed by atoms with Gasteiger partial charge in [0.1, 0.15) is 10.1 Å². The Hall–Kier alpha value is -1.45. The molecule has 0 radical (unpaired) electrons. The van der Waals surface area contributed by atoms with E-state index in [0.29, 0.717) is 12.8 Å². The van der Waals surface area contributed by atoms with Crippen molar-refractivity contribution in [1.82, 2.24) is 0 Å². The Morgan fingerprint density at radius 2 is 0.683 bits per heavy atom. The van der Waals surface area contributed by atoms with Crippen LogP contribution in [-0.4, -0.2) is 38.1 Å². The molecule has 358 valence electrons. The molecule has 1 rings (SSSR count). The number of unbranched alkanes of at least 4 members (excludes halogenated alkanes) is 36. The number of hydrogen-bond acceptors (Lipinski definition) is 7. The van der Waals surface area contributed by atoms with E-state index in [4.69, 9.17) is 9.47 Å². The summed E-state index contributed by atoms with van der Waals surface area (Å²) in [6.45, 7) is 4.57. The third-order valence-electron chi connectivity index (χ3n) is 12.2. The Morgan fingerprint density at radius 1 is 0.429 bits per heavy atom. The molecule has 0 saturated carbocycles. The predicted octanol–water partition coefficient (Wildman–Crippen LogP) is 13.9. The molecule has 0 spiro atoms. The third-order valence-corrected chi connectivity index (χ3v) is 13.0. The zero-order valence-electron chi connectivity index (χ0n) is 41.1. The van der Waals surface area contributed by atoms with Gasteiger partial charge in [0.15, 0.2) is 0 Å². The zero-order chi connectivity index (χ0) is 45.0. The van der Waals surface area contributed by atoms with Gasteiger partial charge < -0.3 is 14.0 Å². The normalized spacial score (nSPS) is 11.7. The minimum absolute atomic E-state index is 0. The maximum atomic E-state index is 13.0. The molecule has 0 unspecified atom stereocenters. The monoisotopic (exact) mass is 909 g/mol. The number of benzene rings is 1. The second kappa shape index (κ2) is 45.7. The summed E-state index contributed by atoms with van der Waals surface area (Å²) in [5.41, 5.74) is -0.327. The van der Waals surface area contributed by atoms with Gasteiger partial charge >= 0.3 is 41.5 Å². The Balaban J connectivity index is 0.0000384. The standard InChI is InChI=1S/C54H94O7S.Na/c1-3-5-7-9-11-13-15-17-19-21-23-25-27-29-31-33-35-37-39-41-43-47-60-53(55)51-46-45-50(62(57,58)59)49-52(51)54(56)61-48-44-42-40-38-36-34-32-30-28-26-24-22-20-18-16-14-12-10-8-6-4-2;/h3-6,45-46,49H,7-44,47-48H2,1-2H3,(H,57,58,59);/q;+1/p-1/b5-3+,6-4+;. The summed E-state index contributed by atoms with van der Waals surface area (Å²) in [7, 11) is -4.82. The fraction of sp³-hybridized carbons (Fsp3) is 0.778. The van der Waals surface area contributed by atoms with Crippen LogP contribution in [0.1, 0.15) is 279 Å². The van der Waals surface area contributed by atoms with Crippen molar-refractivity contribution >= 4 is 22.1 Å². The Bertz CT molecular complexity index is 1380. The average molecular weight is 909 g/mol. The van der Waals surface area contributed by atoms with Crippen molar-refractivity contribution in [2.24, 2.45) is 0 Å². The number of ether oxygens (including phenoxy) is 2. The molecule has 0 aliphatic rings. The van der Waals surface area contributed by atoms with E-state index in [0.717, 1.165) is 44.2 Å². The first kappa shape index (κ1) is 61.5. The van der Waals surface area contributed by atoms with E-state index >= 15 is 0 Å². The number of rotatable bonds is 45. The summed E-state index contributed by atoms with van der Waals surface area (Å²) in [6.07, 6.45) is 56.8. The maximum Gasteiger partial charge on any atom is 1.00 e. The first-order valence-electron chi connectivity index (χ1n) is 26.0. The van der Waals surface area contributed by atoms with Gasteiger partial charge in [-0.15, -0.1) is 0 Å². The van der Waals surface area contributed by atoms with Gasteiger partial charge in [-0.2, -0.15) is 0 Å². The van der Waals surface area contributed by atoms with Crippen LogP contribution in [0.2, 0.25) is 0 Å². The van der Waals surface area contributed by atoms with Gasteiger partial charge in [-0.1, -0.05) is 230 Å². The zero-order valence-corrected chi connectivity index (χ0v) is 43.9. The van der Waals surface area contributed by atoms with E-state index < -0.39 is 27.0 Å². The molecule has 0 amide bonds. The van der Waals surface area contributed by atoms with Crippen molar-refractivity contribution in [3.63, 3.8) is 0 Å². The second-order valence-electron chi connectivity index (χ2n) is 17.9. The van der Waals surface area contributed by atoms with Gasteiger partial charge in [0.25, 0.3) is 0 Å². The first-order valence-corrected chi connectivity index (χ1v) is 27.4. The van der Waals surface area contributed by atoms with Crippen LogP contribution in [0.15, 0.2) is 47.4 Å². The molecule has 1 aromatic rings. The molecular weight excluding hydrogens is 816 g/mol. The number of allylic oxidation sites excluding steroid dienone is 4. The van der Waals surface area contributed by atoms with E-state index in [2.05, 4.69) is 38.2 Å². The molecule has 9 heteroatoms. The van der Waals surface area contributed by atoms with E-state index in [9.17, 15) is 22.6 Å². The van der Waals surface area contributed by atoms with Crippen LogP contribution in [0.25, 0.3) is 0 Å². The van der Waals surface area contributed by atoms with Crippen molar-refractivity contribution < 1.29 is 61.6 Å². The predicted molar refractivity (Wildman–Crippen MR) is 260 cm³/mol. The number of carbonyl (C=O) groups excluding carboxylic acids is 2. The molecule has 7 nitrogen and oxygen atoms in total. The van der Waals surface area contributed by atoms with Crippen LogP contribution in [0, 0.1) is 0 Å². The summed E-state index contributed by atoms with van der Waals surface area (Å²) in [6, 6.07) is 3.16. The molecular formula is C54H93NaO7S. The topological polar surface area (TPSA) is 110 Å². The van der Waals surface area contributed by atoms with E-state index in [1.165, 1.54) is 205 Å². The fourth-order valence-corrected chi connectivity index (χ4v) is 8.73. The molecule has 0 aromatic heterocycles. The Morgan fingerprint density at radius 3 is 0.952 bits per heavy atom. The smallest absolute Gasteiger partial charge is 0.744 e. The van der Waals surface area contributed by atoms with E-state index in [1.807, 2.05) is 0 Å². The summed E-state index contributed by atoms with van der Waals surface area (Å²) >= 11 is 0. The molecule has 0 aliphatic heterocycles. The van der Waals surface area contributed by atoms with Gasteiger partial charge in [0.05, 0.1) is 29.2 Å². The minimum Gasteiger partial charge on any atom is -0.744 e. The summed E-state index contributed by atoms with van der Waals surface area (Å²) in [5.74, 6) is -1.54. The SMILES string of the molecule is C/C=C/CCCCCCCCCCCCCCCCCCCCOC(=O)c1ccc(S(=O)(=O)[O-])cc1C(=O)OCCCCCCCCCCCCCCCCCCCC/C=C/C.[Na+]. The quantitative estimate of drug-likeness (QED) is 0.0211. The largest absolute Gasteiger partial charge is 1.00 e. The van der Waals surface area contributed by atoms with Crippen molar-refractivity contribution in [2.75, 3.05) is 13.2 Å². The van der Waals surface area contributed by atoms with E-state index in [1.54, 1.807) is 0 Å². The number of hydrogen-bond donors (Lipinski definition) is 0. The number of esters is 2. The van der Waals surface area contributed by atoms with Crippen LogP contribution < -0.4 is 29.6 Å². The van der Waals surface area contributed by atoms with Crippen molar-refractivity contribution in [2.45, 2.75) is 263 Å².